The molecule has 0 saturated heterocycles. The Balaban J connectivity index is 1.81. The van der Waals surface area contributed by atoms with E-state index in [1.54, 1.807) is 24.0 Å². The lowest BCUT2D eigenvalue weighted by Crippen LogP contribution is -2.44. The van der Waals surface area contributed by atoms with E-state index in [0.29, 0.717) is 25.1 Å². The zero-order chi connectivity index (χ0) is 24.3. The normalized spacial score (nSPS) is 14.3. The first-order valence-electron chi connectivity index (χ1n) is 10.7. The van der Waals surface area contributed by atoms with Crippen molar-refractivity contribution in [3.05, 3.63) is 52.8 Å². The highest BCUT2D eigenvalue weighted by atomic mass is 35.5. The number of benzene rings is 2. The van der Waals surface area contributed by atoms with Crippen LogP contribution in [-0.2, 0) is 26.0 Å². The number of nitrogens with one attached hydrogen (secondary N) is 2. The van der Waals surface area contributed by atoms with Crippen molar-refractivity contribution in [3.8, 4) is 0 Å². The van der Waals surface area contributed by atoms with E-state index in [0.717, 1.165) is 11.6 Å². The van der Waals surface area contributed by atoms with E-state index < -0.39 is 27.8 Å². The van der Waals surface area contributed by atoms with Crippen LogP contribution in [-0.4, -0.2) is 32.8 Å². The van der Waals surface area contributed by atoms with Crippen LogP contribution >= 0.6 is 11.6 Å². The fraction of sp³-hybridized carbons (Fsp3) is 0.391. The number of carbonyl (C=O) groups is 2. The standard InChI is InChI=1S/C23H27ClFN3O4S/c1-4-22(29)28-10-9-15-12-17(6-8-21(15)28)33(31,32)27-20(11-14(2)3)23(30)26-16-5-7-19(25)18(24)13-16/h5-8,12-14,20,27H,4,9-11H2,1-3H3,(H,26,30). The number of carbonyl (C=O) groups excluding carboxylic acids is 2. The fourth-order valence-electron chi connectivity index (χ4n) is 3.73. The molecular weight excluding hydrogens is 469 g/mol. The first kappa shape index (κ1) is 25.1. The summed E-state index contributed by atoms with van der Waals surface area (Å²) >= 11 is 5.77. The van der Waals surface area contributed by atoms with E-state index in [2.05, 4.69) is 10.0 Å². The van der Waals surface area contributed by atoms with Crippen LogP contribution in [0.4, 0.5) is 15.8 Å². The average Bonchev–Trinajstić information content (AvgIpc) is 3.18. The predicted molar refractivity (Wildman–Crippen MR) is 126 cm³/mol. The molecule has 0 aliphatic carbocycles. The van der Waals surface area contributed by atoms with Gasteiger partial charge in [-0.2, -0.15) is 4.72 Å². The van der Waals surface area contributed by atoms with Gasteiger partial charge in [-0.15, -0.1) is 0 Å². The summed E-state index contributed by atoms with van der Waals surface area (Å²) in [5, 5.41) is 2.44. The summed E-state index contributed by atoms with van der Waals surface area (Å²) in [4.78, 5) is 26.6. The van der Waals surface area contributed by atoms with E-state index in [4.69, 9.17) is 11.6 Å². The summed E-state index contributed by atoms with van der Waals surface area (Å²) in [6, 6.07) is 7.30. The zero-order valence-electron chi connectivity index (χ0n) is 18.7. The molecule has 3 rings (SSSR count). The molecule has 1 aliphatic heterocycles. The highest BCUT2D eigenvalue weighted by molar-refractivity contribution is 7.89. The van der Waals surface area contributed by atoms with Crippen molar-refractivity contribution in [1.29, 1.82) is 0 Å². The van der Waals surface area contributed by atoms with Crippen molar-refractivity contribution < 1.29 is 22.4 Å². The molecule has 1 heterocycles. The van der Waals surface area contributed by atoms with Crippen molar-refractivity contribution in [2.75, 3.05) is 16.8 Å². The summed E-state index contributed by atoms with van der Waals surface area (Å²) in [7, 11) is -4.02. The minimum Gasteiger partial charge on any atom is -0.325 e. The number of fused-ring (bicyclic) bond motifs is 1. The van der Waals surface area contributed by atoms with E-state index in [1.165, 1.54) is 18.2 Å². The van der Waals surface area contributed by atoms with Crippen LogP contribution in [0, 0.1) is 11.7 Å². The van der Waals surface area contributed by atoms with Gasteiger partial charge in [0.2, 0.25) is 21.8 Å². The molecule has 1 aliphatic rings. The van der Waals surface area contributed by atoms with Crippen molar-refractivity contribution >= 4 is 44.8 Å². The van der Waals surface area contributed by atoms with Crippen LogP contribution in [0.5, 0.6) is 0 Å². The second-order valence-electron chi connectivity index (χ2n) is 8.36. The second-order valence-corrected chi connectivity index (χ2v) is 10.5. The van der Waals surface area contributed by atoms with Gasteiger partial charge >= 0.3 is 0 Å². The molecule has 0 fully saturated rings. The molecule has 1 atom stereocenters. The van der Waals surface area contributed by atoms with E-state index in [-0.39, 0.29) is 33.9 Å². The minimum atomic E-state index is -4.02. The second kappa shape index (κ2) is 10.2. The lowest BCUT2D eigenvalue weighted by Gasteiger charge is -2.21. The number of nitrogens with zero attached hydrogens (tertiary/aromatic N) is 1. The number of hydrogen-bond donors (Lipinski definition) is 2. The maximum absolute atomic E-state index is 13.4. The summed E-state index contributed by atoms with van der Waals surface area (Å²) in [6.45, 7) is 6.04. The fourth-order valence-corrected chi connectivity index (χ4v) is 5.17. The Morgan fingerprint density at radius 2 is 1.91 bits per heavy atom. The van der Waals surface area contributed by atoms with Gasteiger partial charge < -0.3 is 10.2 Å². The minimum absolute atomic E-state index is 0.0166. The lowest BCUT2D eigenvalue weighted by molar-refractivity contribution is -0.118. The molecule has 2 amide bonds. The first-order chi connectivity index (χ1) is 15.5. The maximum Gasteiger partial charge on any atom is 0.242 e. The van der Waals surface area contributed by atoms with Crippen LogP contribution in [0.25, 0.3) is 0 Å². The molecular formula is C23H27ClFN3O4S. The molecule has 2 aromatic carbocycles. The van der Waals surface area contributed by atoms with Crippen LogP contribution in [0.1, 0.15) is 39.2 Å². The van der Waals surface area contributed by atoms with Gasteiger partial charge in [0.15, 0.2) is 0 Å². The largest absolute Gasteiger partial charge is 0.325 e. The summed E-state index contributed by atoms with van der Waals surface area (Å²) in [5.41, 5.74) is 1.74. The Kier molecular flexibility index (Phi) is 7.76. The Labute approximate surface area is 198 Å². The Morgan fingerprint density at radius 1 is 1.18 bits per heavy atom. The number of halogens is 2. The summed E-state index contributed by atoms with van der Waals surface area (Å²) < 4.78 is 42.1. The maximum atomic E-state index is 13.4. The summed E-state index contributed by atoms with van der Waals surface area (Å²) in [6.07, 6.45) is 1.18. The van der Waals surface area contributed by atoms with Crippen LogP contribution in [0.15, 0.2) is 41.3 Å². The molecule has 7 nitrogen and oxygen atoms in total. The third-order valence-corrected chi connectivity index (χ3v) is 7.13. The van der Waals surface area contributed by atoms with Gasteiger partial charge in [0.05, 0.1) is 9.92 Å². The molecule has 0 spiro atoms. The average molecular weight is 496 g/mol. The van der Waals surface area contributed by atoms with E-state index >= 15 is 0 Å². The topological polar surface area (TPSA) is 95.6 Å². The molecule has 2 aromatic rings. The van der Waals surface area contributed by atoms with Crippen LogP contribution in [0.3, 0.4) is 0 Å². The molecule has 10 heteroatoms. The zero-order valence-corrected chi connectivity index (χ0v) is 20.3. The lowest BCUT2D eigenvalue weighted by atomic mass is 10.0. The van der Waals surface area contributed by atoms with Crippen molar-refractivity contribution in [2.45, 2.75) is 51.0 Å². The highest BCUT2D eigenvalue weighted by Crippen LogP contribution is 2.31. The molecule has 0 aromatic heterocycles. The van der Waals surface area contributed by atoms with E-state index in [1.807, 2.05) is 13.8 Å². The number of rotatable bonds is 8. The van der Waals surface area contributed by atoms with Gasteiger partial charge in [0.25, 0.3) is 0 Å². The van der Waals surface area contributed by atoms with E-state index in [9.17, 15) is 22.4 Å². The predicted octanol–water partition coefficient (Wildman–Crippen LogP) is 4.11. The Morgan fingerprint density at radius 3 is 2.55 bits per heavy atom. The van der Waals surface area contributed by atoms with Crippen LogP contribution in [0.2, 0.25) is 5.02 Å². The molecule has 178 valence electrons. The third-order valence-electron chi connectivity index (χ3n) is 5.37. The van der Waals surface area contributed by atoms with Gasteiger partial charge in [-0.1, -0.05) is 32.4 Å². The highest BCUT2D eigenvalue weighted by Gasteiger charge is 2.29. The summed E-state index contributed by atoms with van der Waals surface area (Å²) in [5.74, 6) is -1.19. The number of hydrogen-bond acceptors (Lipinski definition) is 4. The Hall–Kier alpha value is -2.49. The van der Waals surface area contributed by atoms with Crippen molar-refractivity contribution in [2.24, 2.45) is 5.92 Å². The third kappa shape index (κ3) is 5.90. The molecule has 0 saturated carbocycles. The first-order valence-corrected chi connectivity index (χ1v) is 12.6. The monoisotopic (exact) mass is 495 g/mol. The molecule has 1 unspecified atom stereocenters. The number of amides is 2. The quantitative estimate of drug-likeness (QED) is 0.576. The van der Waals surface area contributed by atoms with Crippen LogP contribution < -0.4 is 14.9 Å². The molecule has 0 radical (unpaired) electrons. The van der Waals surface area contributed by atoms with Gasteiger partial charge in [0.1, 0.15) is 11.9 Å². The van der Waals surface area contributed by atoms with Crippen molar-refractivity contribution in [1.82, 2.24) is 4.72 Å². The van der Waals surface area contributed by atoms with Gasteiger partial charge in [0, 0.05) is 24.3 Å². The van der Waals surface area contributed by atoms with Crippen molar-refractivity contribution in [3.63, 3.8) is 0 Å². The van der Waals surface area contributed by atoms with Gasteiger partial charge in [-0.3, -0.25) is 9.59 Å². The SMILES string of the molecule is CCC(=O)N1CCc2cc(S(=O)(=O)NC(CC(C)C)C(=O)Nc3ccc(F)c(Cl)c3)ccc21. The molecule has 2 N–H and O–H groups in total. The van der Waals surface area contributed by atoms with Gasteiger partial charge in [-0.25, -0.2) is 12.8 Å². The molecule has 33 heavy (non-hydrogen) atoms. The van der Waals surface area contributed by atoms with Gasteiger partial charge in [-0.05, 0) is 60.7 Å². The Bertz CT molecular complexity index is 1170. The number of sulfonamides is 1. The molecule has 0 bridgehead atoms. The smallest absolute Gasteiger partial charge is 0.242 e. The number of anilines is 2.